The standard InChI is InChI=1S/C17H19ClN2O5S/c1-24-14-6-7-15(25-2)16(9-14)26(22,23)20-11-17(21)19-10-12-4-3-5-13(18)8-12/h3-9,20H,10-11H2,1-2H3,(H,19,21). The molecule has 0 unspecified atom stereocenters. The van der Waals surface area contributed by atoms with Gasteiger partial charge in [0.05, 0.1) is 20.8 Å². The van der Waals surface area contributed by atoms with Crippen LogP contribution in [0.5, 0.6) is 11.5 Å². The predicted octanol–water partition coefficient (Wildman–Crippen LogP) is 1.95. The van der Waals surface area contributed by atoms with Crippen molar-refractivity contribution < 1.29 is 22.7 Å². The Morgan fingerprint density at radius 1 is 1.12 bits per heavy atom. The molecule has 0 fully saturated rings. The van der Waals surface area contributed by atoms with E-state index in [1.807, 2.05) is 0 Å². The molecular weight excluding hydrogens is 380 g/mol. The molecule has 0 atom stereocenters. The summed E-state index contributed by atoms with van der Waals surface area (Å²) in [7, 11) is -1.17. The number of sulfonamides is 1. The van der Waals surface area contributed by atoms with E-state index in [2.05, 4.69) is 10.0 Å². The molecule has 9 heteroatoms. The van der Waals surface area contributed by atoms with Gasteiger partial charge in [-0.1, -0.05) is 23.7 Å². The Labute approximate surface area is 157 Å². The van der Waals surface area contributed by atoms with E-state index in [1.54, 1.807) is 30.3 Å². The summed E-state index contributed by atoms with van der Waals surface area (Å²) < 4.78 is 37.3. The molecule has 0 spiro atoms. The average Bonchev–Trinajstić information content (AvgIpc) is 2.64. The van der Waals surface area contributed by atoms with E-state index in [4.69, 9.17) is 21.1 Å². The fourth-order valence-electron chi connectivity index (χ4n) is 2.14. The molecule has 0 aliphatic rings. The quantitative estimate of drug-likeness (QED) is 0.708. The Morgan fingerprint density at radius 3 is 2.54 bits per heavy atom. The van der Waals surface area contributed by atoms with Gasteiger partial charge in [0.1, 0.15) is 16.4 Å². The highest BCUT2D eigenvalue weighted by Gasteiger charge is 2.21. The summed E-state index contributed by atoms with van der Waals surface area (Å²) in [6, 6.07) is 11.4. The highest BCUT2D eigenvalue weighted by Crippen LogP contribution is 2.27. The van der Waals surface area contributed by atoms with Crippen molar-refractivity contribution in [1.82, 2.24) is 10.0 Å². The van der Waals surface area contributed by atoms with Gasteiger partial charge in [-0.15, -0.1) is 0 Å². The first-order chi connectivity index (χ1) is 12.4. The van der Waals surface area contributed by atoms with Crippen LogP contribution in [0.25, 0.3) is 0 Å². The van der Waals surface area contributed by atoms with Gasteiger partial charge < -0.3 is 14.8 Å². The third-order valence-electron chi connectivity index (χ3n) is 3.46. The number of ether oxygens (including phenoxy) is 2. The molecule has 2 aromatic rings. The van der Waals surface area contributed by atoms with Crippen LogP contribution in [-0.4, -0.2) is 35.1 Å². The van der Waals surface area contributed by atoms with Gasteiger partial charge in [-0.25, -0.2) is 13.1 Å². The highest BCUT2D eigenvalue weighted by molar-refractivity contribution is 7.89. The molecule has 0 aliphatic heterocycles. The zero-order valence-corrected chi connectivity index (χ0v) is 15.9. The number of nitrogens with one attached hydrogen (secondary N) is 2. The number of hydrogen-bond donors (Lipinski definition) is 2. The fourth-order valence-corrected chi connectivity index (χ4v) is 3.52. The molecule has 0 heterocycles. The van der Waals surface area contributed by atoms with Gasteiger partial charge in [0.25, 0.3) is 0 Å². The smallest absolute Gasteiger partial charge is 0.244 e. The summed E-state index contributed by atoms with van der Waals surface area (Å²) in [5, 5.41) is 3.18. The molecule has 140 valence electrons. The molecule has 1 amide bonds. The minimum absolute atomic E-state index is 0.109. The molecule has 2 rings (SSSR count). The molecule has 0 aliphatic carbocycles. The van der Waals surface area contributed by atoms with Crippen LogP contribution in [0.2, 0.25) is 5.02 Å². The first-order valence-electron chi connectivity index (χ1n) is 7.58. The van der Waals surface area contributed by atoms with E-state index in [1.165, 1.54) is 26.4 Å². The van der Waals surface area contributed by atoms with Crippen molar-refractivity contribution >= 4 is 27.5 Å². The van der Waals surface area contributed by atoms with Gasteiger partial charge in [0, 0.05) is 17.6 Å². The summed E-state index contributed by atoms with van der Waals surface area (Å²) in [6.07, 6.45) is 0. The molecule has 2 N–H and O–H groups in total. The minimum Gasteiger partial charge on any atom is -0.497 e. The van der Waals surface area contributed by atoms with Crippen molar-refractivity contribution in [3.63, 3.8) is 0 Å². The van der Waals surface area contributed by atoms with Crippen molar-refractivity contribution in [2.24, 2.45) is 0 Å². The van der Waals surface area contributed by atoms with Crippen LogP contribution >= 0.6 is 11.6 Å². The second kappa shape index (κ2) is 8.88. The first-order valence-corrected chi connectivity index (χ1v) is 9.44. The Hall–Kier alpha value is -2.29. The number of methoxy groups -OCH3 is 2. The molecule has 26 heavy (non-hydrogen) atoms. The van der Waals surface area contributed by atoms with E-state index in [9.17, 15) is 13.2 Å². The van der Waals surface area contributed by atoms with E-state index >= 15 is 0 Å². The number of carbonyl (C=O) groups excluding carboxylic acids is 1. The maximum Gasteiger partial charge on any atom is 0.244 e. The van der Waals surface area contributed by atoms with Crippen molar-refractivity contribution in [1.29, 1.82) is 0 Å². The molecular formula is C17H19ClN2O5S. The summed E-state index contributed by atoms with van der Waals surface area (Å²) in [4.78, 5) is 11.8. The van der Waals surface area contributed by atoms with E-state index < -0.39 is 22.5 Å². The third-order valence-corrected chi connectivity index (χ3v) is 5.12. The van der Waals surface area contributed by atoms with Gasteiger partial charge in [-0.2, -0.15) is 0 Å². The molecule has 0 saturated heterocycles. The van der Waals surface area contributed by atoms with Crippen molar-refractivity contribution in [3.05, 3.63) is 53.1 Å². The normalized spacial score (nSPS) is 11.0. The van der Waals surface area contributed by atoms with Gasteiger partial charge in [-0.3, -0.25) is 4.79 Å². The van der Waals surface area contributed by atoms with Crippen LogP contribution in [-0.2, 0) is 21.4 Å². The maximum atomic E-state index is 12.5. The summed E-state index contributed by atoms with van der Waals surface area (Å²) in [6.45, 7) is -0.174. The van der Waals surface area contributed by atoms with Crippen molar-refractivity contribution in [2.75, 3.05) is 20.8 Å². The van der Waals surface area contributed by atoms with Gasteiger partial charge >= 0.3 is 0 Å². The van der Waals surface area contributed by atoms with Crippen molar-refractivity contribution in [3.8, 4) is 11.5 Å². The Kier molecular flexibility index (Phi) is 6.84. The summed E-state index contributed by atoms with van der Waals surface area (Å²) in [5.74, 6) is 0.0321. The molecule has 2 aromatic carbocycles. The summed E-state index contributed by atoms with van der Waals surface area (Å²) >= 11 is 5.88. The average molecular weight is 399 g/mol. The second-order valence-corrected chi connectivity index (χ2v) is 7.42. The number of carbonyl (C=O) groups is 1. The molecule has 7 nitrogen and oxygen atoms in total. The Balaban J connectivity index is 2.00. The lowest BCUT2D eigenvalue weighted by molar-refractivity contribution is -0.120. The number of halogens is 1. The zero-order chi connectivity index (χ0) is 19.2. The highest BCUT2D eigenvalue weighted by atomic mass is 35.5. The number of amides is 1. The Bertz CT molecular complexity index is 886. The largest absolute Gasteiger partial charge is 0.497 e. The number of benzene rings is 2. The van der Waals surface area contributed by atoms with Crippen LogP contribution in [0.1, 0.15) is 5.56 Å². The monoisotopic (exact) mass is 398 g/mol. The fraction of sp³-hybridized carbons (Fsp3) is 0.235. The maximum absolute atomic E-state index is 12.5. The van der Waals surface area contributed by atoms with Crippen LogP contribution < -0.4 is 19.5 Å². The van der Waals surface area contributed by atoms with Gasteiger partial charge in [0.15, 0.2) is 0 Å². The first kappa shape index (κ1) is 20.0. The van der Waals surface area contributed by atoms with E-state index in [0.717, 1.165) is 5.56 Å². The van der Waals surface area contributed by atoms with Crippen LogP contribution in [0.4, 0.5) is 0 Å². The van der Waals surface area contributed by atoms with Crippen molar-refractivity contribution in [2.45, 2.75) is 11.4 Å². The lowest BCUT2D eigenvalue weighted by Gasteiger charge is -2.12. The topological polar surface area (TPSA) is 93.7 Å². The minimum atomic E-state index is -3.96. The van der Waals surface area contributed by atoms with Crippen LogP contribution in [0, 0.1) is 0 Å². The van der Waals surface area contributed by atoms with Crippen LogP contribution in [0.3, 0.4) is 0 Å². The zero-order valence-electron chi connectivity index (χ0n) is 14.3. The van der Waals surface area contributed by atoms with E-state index in [-0.39, 0.29) is 17.2 Å². The lowest BCUT2D eigenvalue weighted by Crippen LogP contribution is -2.36. The molecule has 0 aromatic heterocycles. The predicted molar refractivity (Wildman–Crippen MR) is 98.0 cm³/mol. The summed E-state index contributed by atoms with van der Waals surface area (Å²) in [5.41, 5.74) is 0.808. The van der Waals surface area contributed by atoms with Gasteiger partial charge in [-0.05, 0) is 29.8 Å². The lowest BCUT2D eigenvalue weighted by atomic mass is 10.2. The van der Waals surface area contributed by atoms with Crippen LogP contribution in [0.15, 0.2) is 47.4 Å². The third kappa shape index (κ3) is 5.35. The molecule has 0 radical (unpaired) electrons. The number of hydrogen-bond acceptors (Lipinski definition) is 5. The van der Waals surface area contributed by atoms with E-state index in [0.29, 0.717) is 10.8 Å². The van der Waals surface area contributed by atoms with Gasteiger partial charge in [0.2, 0.25) is 15.9 Å². The Morgan fingerprint density at radius 2 is 1.88 bits per heavy atom. The SMILES string of the molecule is COc1ccc(OC)c(S(=O)(=O)NCC(=O)NCc2cccc(Cl)c2)c1. The molecule has 0 saturated carbocycles. The number of rotatable bonds is 8. The second-order valence-electron chi connectivity index (χ2n) is 5.25. The molecule has 0 bridgehead atoms.